The van der Waals surface area contributed by atoms with E-state index in [2.05, 4.69) is 10.3 Å². The molecule has 0 spiro atoms. The van der Waals surface area contributed by atoms with E-state index in [9.17, 15) is 9.59 Å². The van der Waals surface area contributed by atoms with Gasteiger partial charge in [0.15, 0.2) is 5.58 Å². The van der Waals surface area contributed by atoms with Crippen molar-refractivity contribution in [2.75, 3.05) is 33.4 Å². The van der Waals surface area contributed by atoms with E-state index in [0.717, 1.165) is 30.3 Å². The van der Waals surface area contributed by atoms with Crippen LogP contribution >= 0.6 is 0 Å². The standard InChI is InChI=1S/C26H31N3O4/c1-18(24(30)27-13-6-16-32-2)19-11-14-29(15-12-19)26(31)21-9-10-22-23(17-21)33-25(28-22)20-7-4-3-5-8-20/h3-5,7-10,17-19H,6,11-16H2,1-2H3,(H,27,30). The Hall–Kier alpha value is -3.19. The van der Waals surface area contributed by atoms with Gasteiger partial charge in [0.05, 0.1) is 0 Å². The number of piperidine rings is 1. The van der Waals surface area contributed by atoms with E-state index in [0.29, 0.717) is 43.3 Å². The third-order valence-electron chi connectivity index (χ3n) is 6.43. The summed E-state index contributed by atoms with van der Waals surface area (Å²) in [5.74, 6) is 0.837. The van der Waals surface area contributed by atoms with Crippen LogP contribution in [0, 0.1) is 11.8 Å². The van der Waals surface area contributed by atoms with E-state index in [1.807, 2.05) is 54.3 Å². The zero-order chi connectivity index (χ0) is 23.2. The van der Waals surface area contributed by atoms with E-state index >= 15 is 0 Å². The molecule has 1 aliphatic rings. The number of oxazole rings is 1. The van der Waals surface area contributed by atoms with Gasteiger partial charge in [-0.05, 0) is 55.5 Å². The number of amides is 2. The molecule has 0 radical (unpaired) electrons. The fourth-order valence-corrected chi connectivity index (χ4v) is 4.35. The summed E-state index contributed by atoms with van der Waals surface area (Å²) in [4.78, 5) is 31.9. The molecule has 1 N–H and O–H groups in total. The number of benzene rings is 2. The molecule has 2 aromatic carbocycles. The molecule has 7 nitrogen and oxygen atoms in total. The highest BCUT2D eigenvalue weighted by atomic mass is 16.5. The zero-order valence-corrected chi connectivity index (χ0v) is 19.3. The number of rotatable bonds is 8. The first-order valence-electron chi connectivity index (χ1n) is 11.6. The van der Waals surface area contributed by atoms with Crippen LogP contribution in [-0.4, -0.2) is 55.0 Å². The number of likely N-dealkylation sites (tertiary alicyclic amines) is 1. The minimum Gasteiger partial charge on any atom is -0.436 e. The minimum absolute atomic E-state index is 0.00955. The molecule has 2 amide bonds. The third-order valence-corrected chi connectivity index (χ3v) is 6.43. The van der Waals surface area contributed by atoms with E-state index in [-0.39, 0.29) is 23.7 Å². The van der Waals surface area contributed by atoms with Gasteiger partial charge in [0.25, 0.3) is 5.91 Å². The molecule has 1 unspecified atom stereocenters. The lowest BCUT2D eigenvalue weighted by Gasteiger charge is -2.34. The Kier molecular flexibility index (Phi) is 7.40. The van der Waals surface area contributed by atoms with Crippen LogP contribution in [0.3, 0.4) is 0 Å². The molecule has 3 aromatic rings. The number of methoxy groups -OCH3 is 1. The summed E-state index contributed by atoms with van der Waals surface area (Å²) in [6, 6.07) is 15.1. The van der Waals surface area contributed by atoms with Crippen molar-refractivity contribution in [2.24, 2.45) is 11.8 Å². The summed E-state index contributed by atoms with van der Waals surface area (Å²) in [6.07, 6.45) is 2.45. The highest BCUT2D eigenvalue weighted by Gasteiger charge is 2.30. The van der Waals surface area contributed by atoms with E-state index < -0.39 is 0 Å². The van der Waals surface area contributed by atoms with E-state index in [1.165, 1.54) is 0 Å². The zero-order valence-electron chi connectivity index (χ0n) is 19.3. The van der Waals surface area contributed by atoms with Crippen molar-refractivity contribution < 1.29 is 18.7 Å². The molecule has 0 saturated carbocycles. The topological polar surface area (TPSA) is 84.7 Å². The SMILES string of the molecule is COCCCNC(=O)C(C)C1CCN(C(=O)c2ccc3nc(-c4ccccc4)oc3c2)CC1. The Morgan fingerprint density at radius 2 is 1.94 bits per heavy atom. The number of nitrogens with zero attached hydrogens (tertiary/aromatic N) is 2. The lowest BCUT2D eigenvalue weighted by molar-refractivity contribution is -0.126. The van der Waals surface area contributed by atoms with Crippen LogP contribution in [0.5, 0.6) is 0 Å². The summed E-state index contributed by atoms with van der Waals surface area (Å²) < 4.78 is 10.9. The highest BCUT2D eigenvalue weighted by Crippen LogP contribution is 2.28. The number of ether oxygens (including phenoxy) is 1. The summed E-state index contributed by atoms with van der Waals surface area (Å²) in [6.45, 7) is 4.55. The first kappa shape index (κ1) is 23.0. The van der Waals surface area contributed by atoms with Crippen molar-refractivity contribution in [1.82, 2.24) is 15.2 Å². The van der Waals surface area contributed by atoms with Crippen LogP contribution in [0.25, 0.3) is 22.6 Å². The van der Waals surface area contributed by atoms with E-state index in [1.54, 1.807) is 13.2 Å². The van der Waals surface area contributed by atoms with E-state index in [4.69, 9.17) is 9.15 Å². The maximum Gasteiger partial charge on any atom is 0.253 e. The molecule has 7 heteroatoms. The maximum absolute atomic E-state index is 13.1. The molecular formula is C26H31N3O4. The Balaban J connectivity index is 1.35. The van der Waals surface area contributed by atoms with Crippen LogP contribution in [0.4, 0.5) is 0 Å². The summed E-state index contributed by atoms with van der Waals surface area (Å²) >= 11 is 0. The van der Waals surface area contributed by atoms with Gasteiger partial charge in [0.2, 0.25) is 11.8 Å². The lowest BCUT2D eigenvalue weighted by Crippen LogP contribution is -2.42. The van der Waals surface area contributed by atoms with Crippen molar-refractivity contribution in [1.29, 1.82) is 0 Å². The number of nitrogens with one attached hydrogen (secondary N) is 1. The second kappa shape index (κ2) is 10.6. The van der Waals surface area contributed by atoms with Crippen molar-refractivity contribution in [3.63, 3.8) is 0 Å². The molecule has 1 aromatic heterocycles. The predicted octanol–water partition coefficient (Wildman–Crippen LogP) is 4.14. The van der Waals surface area contributed by atoms with Gasteiger partial charge < -0.3 is 19.4 Å². The Bertz CT molecular complexity index is 1090. The fourth-order valence-electron chi connectivity index (χ4n) is 4.35. The van der Waals surface area contributed by atoms with Gasteiger partial charge in [-0.1, -0.05) is 25.1 Å². The monoisotopic (exact) mass is 449 g/mol. The van der Waals surface area contributed by atoms with Crippen LogP contribution in [-0.2, 0) is 9.53 Å². The van der Waals surface area contributed by atoms with Gasteiger partial charge in [-0.2, -0.15) is 0 Å². The molecule has 174 valence electrons. The second-order valence-corrected chi connectivity index (χ2v) is 8.62. The Morgan fingerprint density at radius 3 is 2.67 bits per heavy atom. The number of carbonyl (C=O) groups is 2. The van der Waals surface area contributed by atoms with Gasteiger partial charge >= 0.3 is 0 Å². The molecule has 1 fully saturated rings. The molecule has 1 aliphatic heterocycles. The van der Waals surface area contributed by atoms with Crippen LogP contribution in [0.2, 0.25) is 0 Å². The molecule has 1 saturated heterocycles. The van der Waals surface area contributed by atoms with Crippen molar-refractivity contribution >= 4 is 22.9 Å². The summed E-state index contributed by atoms with van der Waals surface area (Å²) in [5.41, 5.74) is 2.84. The molecule has 33 heavy (non-hydrogen) atoms. The average molecular weight is 450 g/mol. The third kappa shape index (κ3) is 5.42. The van der Waals surface area contributed by atoms with Gasteiger partial charge in [-0.25, -0.2) is 4.98 Å². The Labute approximate surface area is 194 Å². The smallest absolute Gasteiger partial charge is 0.253 e. The fraction of sp³-hybridized carbons (Fsp3) is 0.423. The quantitative estimate of drug-likeness (QED) is 0.523. The normalized spacial score (nSPS) is 15.5. The first-order valence-corrected chi connectivity index (χ1v) is 11.6. The van der Waals surface area contributed by atoms with Crippen LogP contribution in [0.1, 0.15) is 36.5 Å². The number of fused-ring (bicyclic) bond motifs is 1. The predicted molar refractivity (Wildman–Crippen MR) is 127 cm³/mol. The van der Waals surface area contributed by atoms with Gasteiger partial charge in [-0.3, -0.25) is 9.59 Å². The van der Waals surface area contributed by atoms with Gasteiger partial charge in [-0.15, -0.1) is 0 Å². The largest absolute Gasteiger partial charge is 0.436 e. The molecule has 1 atom stereocenters. The molecule has 2 heterocycles. The molecular weight excluding hydrogens is 418 g/mol. The van der Waals surface area contributed by atoms with Crippen molar-refractivity contribution in [3.8, 4) is 11.5 Å². The molecule has 0 bridgehead atoms. The van der Waals surface area contributed by atoms with Crippen LogP contribution in [0.15, 0.2) is 52.9 Å². The summed E-state index contributed by atoms with van der Waals surface area (Å²) in [5, 5.41) is 2.99. The summed E-state index contributed by atoms with van der Waals surface area (Å²) in [7, 11) is 1.66. The minimum atomic E-state index is -0.0632. The van der Waals surface area contributed by atoms with Gasteiger partial charge in [0.1, 0.15) is 5.52 Å². The molecule has 0 aliphatic carbocycles. The number of hydrogen-bond donors (Lipinski definition) is 1. The van der Waals surface area contributed by atoms with Crippen LogP contribution < -0.4 is 5.32 Å². The molecule has 4 rings (SSSR count). The highest BCUT2D eigenvalue weighted by molar-refractivity contribution is 5.97. The maximum atomic E-state index is 13.1. The average Bonchev–Trinajstić information content (AvgIpc) is 3.30. The first-order chi connectivity index (χ1) is 16.1. The second-order valence-electron chi connectivity index (χ2n) is 8.62. The van der Waals surface area contributed by atoms with Crippen molar-refractivity contribution in [3.05, 3.63) is 54.1 Å². The number of hydrogen-bond acceptors (Lipinski definition) is 5. The van der Waals surface area contributed by atoms with Gasteiger partial charge in [0, 0.05) is 50.4 Å². The van der Waals surface area contributed by atoms with Crippen molar-refractivity contribution in [2.45, 2.75) is 26.2 Å². The Morgan fingerprint density at radius 1 is 1.18 bits per heavy atom. The lowest BCUT2D eigenvalue weighted by atomic mass is 9.84. The number of aromatic nitrogens is 1. The number of carbonyl (C=O) groups excluding carboxylic acids is 2.